The fourth-order valence-electron chi connectivity index (χ4n) is 0.136. The molecular weight excluding hydrogens is 94.1 g/mol. The SMILES string of the molecule is C/C=C\NC=S. The largest absolute Gasteiger partial charge is 0.359 e. The molecule has 1 nitrogen and oxygen atoms in total. The zero-order chi connectivity index (χ0) is 4.83. The molecule has 0 atom stereocenters. The van der Waals surface area contributed by atoms with E-state index in [9.17, 15) is 0 Å². The summed E-state index contributed by atoms with van der Waals surface area (Å²) in [7, 11) is 0. The monoisotopic (exact) mass is 101 g/mol. The molecule has 6 heavy (non-hydrogen) atoms. The van der Waals surface area contributed by atoms with Gasteiger partial charge in [-0.15, -0.1) is 0 Å². The molecule has 0 aromatic rings. The number of hydrogen-bond acceptors (Lipinski definition) is 1. The highest BCUT2D eigenvalue weighted by atomic mass is 32.1. The molecule has 0 rings (SSSR count). The van der Waals surface area contributed by atoms with Crippen molar-refractivity contribution in [2.24, 2.45) is 0 Å². The second-order valence-corrected chi connectivity index (χ2v) is 1.02. The van der Waals surface area contributed by atoms with E-state index in [1.54, 1.807) is 6.20 Å². The molecule has 0 radical (unpaired) electrons. The van der Waals surface area contributed by atoms with Gasteiger partial charge in [0.05, 0.1) is 5.49 Å². The normalized spacial score (nSPS) is 8.83. The third kappa shape index (κ3) is 3.63. The summed E-state index contributed by atoms with van der Waals surface area (Å²) in [5.41, 5.74) is 1.46. The summed E-state index contributed by atoms with van der Waals surface area (Å²) in [6.45, 7) is 1.92. The van der Waals surface area contributed by atoms with Crippen molar-refractivity contribution in [1.82, 2.24) is 5.32 Å². The minimum absolute atomic E-state index is 1.46. The van der Waals surface area contributed by atoms with Crippen molar-refractivity contribution in [2.75, 3.05) is 0 Å². The van der Waals surface area contributed by atoms with Crippen molar-refractivity contribution in [3.63, 3.8) is 0 Å². The summed E-state index contributed by atoms with van der Waals surface area (Å²) in [5.74, 6) is 0. The fourth-order valence-corrected chi connectivity index (χ4v) is 0.214. The fraction of sp³-hybridized carbons (Fsp3) is 0.250. The molecule has 0 saturated heterocycles. The van der Waals surface area contributed by atoms with Crippen molar-refractivity contribution < 1.29 is 0 Å². The van der Waals surface area contributed by atoms with E-state index >= 15 is 0 Å². The van der Waals surface area contributed by atoms with Crippen molar-refractivity contribution in [3.05, 3.63) is 12.3 Å². The molecule has 2 heteroatoms. The summed E-state index contributed by atoms with van der Waals surface area (Å²) < 4.78 is 0. The Morgan fingerprint density at radius 1 is 1.67 bits per heavy atom. The van der Waals surface area contributed by atoms with Crippen LogP contribution >= 0.6 is 12.2 Å². The van der Waals surface area contributed by atoms with Crippen LogP contribution < -0.4 is 5.32 Å². The van der Waals surface area contributed by atoms with E-state index in [1.165, 1.54) is 5.49 Å². The van der Waals surface area contributed by atoms with E-state index in [1.807, 2.05) is 13.0 Å². The van der Waals surface area contributed by atoms with Gasteiger partial charge in [-0.2, -0.15) is 0 Å². The average Bonchev–Trinajstić information content (AvgIpc) is 1.61. The maximum absolute atomic E-state index is 4.43. The third-order valence-electron chi connectivity index (χ3n) is 0.331. The Hall–Kier alpha value is -0.370. The first-order chi connectivity index (χ1) is 2.91. The first-order valence-corrected chi connectivity index (χ1v) is 2.20. The second-order valence-electron chi connectivity index (χ2n) is 0.785. The maximum Gasteiger partial charge on any atom is 0.0654 e. The van der Waals surface area contributed by atoms with Crippen molar-refractivity contribution in [2.45, 2.75) is 6.92 Å². The summed E-state index contributed by atoms with van der Waals surface area (Å²) >= 11 is 4.43. The van der Waals surface area contributed by atoms with Crippen LogP contribution in [0.15, 0.2) is 12.3 Å². The Bertz CT molecular complexity index is 58.6. The number of hydrogen-bond donors (Lipinski definition) is 1. The van der Waals surface area contributed by atoms with E-state index in [4.69, 9.17) is 0 Å². The smallest absolute Gasteiger partial charge is 0.0654 e. The van der Waals surface area contributed by atoms with Crippen LogP contribution in [0.1, 0.15) is 6.92 Å². The van der Waals surface area contributed by atoms with E-state index in [0.717, 1.165) is 0 Å². The molecule has 34 valence electrons. The number of allylic oxidation sites excluding steroid dienone is 1. The minimum atomic E-state index is 1.46. The molecule has 0 aliphatic carbocycles. The molecule has 0 heterocycles. The van der Waals surface area contributed by atoms with Gasteiger partial charge in [-0.3, -0.25) is 0 Å². The Morgan fingerprint density at radius 3 is 2.50 bits per heavy atom. The summed E-state index contributed by atoms with van der Waals surface area (Å²) in [4.78, 5) is 0. The van der Waals surface area contributed by atoms with Gasteiger partial charge in [0.1, 0.15) is 0 Å². The quantitative estimate of drug-likeness (QED) is 0.522. The Labute approximate surface area is 43.1 Å². The van der Waals surface area contributed by atoms with Crippen LogP contribution in [0.4, 0.5) is 0 Å². The van der Waals surface area contributed by atoms with Gasteiger partial charge in [-0.25, -0.2) is 0 Å². The predicted molar refractivity (Wildman–Crippen MR) is 31.6 cm³/mol. The van der Waals surface area contributed by atoms with Gasteiger partial charge >= 0.3 is 0 Å². The van der Waals surface area contributed by atoms with Crippen molar-refractivity contribution >= 4 is 17.7 Å². The number of nitrogens with one attached hydrogen (secondary N) is 1. The molecule has 1 N–H and O–H groups in total. The maximum atomic E-state index is 4.43. The van der Waals surface area contributed by atoms with Crippen LogP contribution in [0, 0.1) is 0 Å². The van der Waals surface area contributed by atoms with Gasteiger partial charge in [-0.05, 0) is 13.1 Å². The molecule has 0 spiro atoms. The summed E-state index contributed by atoms with van der Waals surface area (Å²) in [5, 5.41) is 2.71. The second kappa shape index (κ2) is 4.63. The van der Waals surface area contributed by atoms with Gasteiger partial charge < -0.3 is 5.32 Å². The van der Waals surface area contributed by atoms with E-state index in [0.29, 0.717) is 0 Å². The van der Waals surface area contributed by atoms with Crippen LogP contribution in [-0.4, -0.2) is 5.49 Å². The van der Waals surface area contributed by atoms with Crippen LogP contribution in [0.5, 0.6) is 0 Å². The number of rotatable bonds is 2. The highest BCUT2D eigenvalue weighted by Gasteiger charge is 1.52. The van der Waals surface area contributed by atoms with Gasteiger partial charge in [-0.1, -0.05) is 18.3 Å². The lowest BCUT2D eigenvalue weighted by Gasteiger charge is -1.77. The lowest BCUT2D eigenvalue weighted by Crippen LogP contribution is -1.95. The summed E-state index contributed by atoms with van der Waals surface area (Å²) in [6.07, 6.45) is 3.65. The molecule has 0 aromatic carbocycles. The van der Waals surface area contributed by atoms with E-state index in [2.05, 4.69) is 17.5 Å². The molecule has 0 aliphatic rings. The zero-order valence-corrected chi connectivity index (χ0v) is 4.46. The molecular formula is C4H7NS. The zero-order valence-electron chi connectivity index (χ0n) is 3.64. The van der Waals surface area contributed by atoms with E-state index in [-0.39, 0.29) is 0 Å². The van der Waals surface area contributed by atoms with Gasteiger partial charge in [0.2, 0.25) is 0 Å². The Balaban J connectivity index is 2.85. The van der Waals surface area contributed by atoms with E-state index < -0.39 is 0 Å². The Morgan fingerprint density at radius 2 is 2.33 bits per heavy atom. The van der Waals surface area contributed by atoms with Crippen LogP contribution in [0.2, 0.25) is 0 Å². The van der Waals surface area contributed by atoms with Crippen LogP contribution in [0.3, 0.4) is 0 Å². The minimum Gasteiger partial charge on any atom is -0.359 e. The van der Waals surface area contributed by atoms with Gasteiger partial charge in [0.15, 0.2) is 0 Å². The molecule has 0 saturated carbocycles. The van der Waals surface area contributed by atoms with Gasteiger partial charge in [0.25, 0.3) is 0 Å². The van der Waals surface area contributed by atoms with Crippen LogP contribution in [0.25, 0.3) is 0 Å². The molecule has 0 bridgehead atoms. The number of thiocarbonyl (C=S) groups is 1. The first-order valence-electron chi connectivity index (χ1n) is 1.72. The molecule has 0 fully saturated rings. The topological polar surface area (TPSA) is 12.0 Å². The van der Waals surface area contributed by atoms with Crippen molar-refractivity contribution in [3.8, 4) is 0 Å². The lowest BCUT2D eigenvalue weighted by atomic mass is 10.7. The Kier molecular flexibility index (Phi) is 4.34. The van der Waals surface area contributed by atoms with Gasteiger partial charge in [0, 0.05) is 0 Å². The summed E-state index contributed by atoms with van der Waals surface area (Å²) in [6, 6.07) is 0. The standard InChI is InChI=1S/C4H7NS/c1-2-3-5-4-6/h2-4H,1H3,(H,5,6)/b3-2-. The lowest BCUT2D eigenvalue weighted by molar-refractivity contribution is 1.34. The average molecular weight is 101 g/mol. The van der Waals surface area contributed by atoms with Crippen molar-refractivity contribution in [1.29, 1.82) is 0 Å². The first kappa shape index (κ1) is 5.63. The molecule has 0 unspecified atom stereocenters. The third-order valence-corrected chi connectivity index (χ3v) is 0.467. The predicted octanol–water partition coefficient (Wildman–Crippen LogP) is 1.07. The molecule has 0 aliphatic heterocycles. The highest BCUT2D eigenvalue weighted by molar-refractivity contribution is 7.78. The molecule has 0 aromatic heterocycles. The van der Waals surface area contributed by atoms with Crippen LogP contribution in [-0.2, 0) is 0 Å². The highest BCUT2D eigenvalue weighted by Crippen LogP contribution is 1.56. The molecule has 0 amide bonds.